The van der Waals surface area contributed by atoms with Crippen LogP contribution in [0.15, 0.2) is 50.3 Å². The average molecular weight is 648 g/mol. The zero-order valence-electron chi connectivity index (χ0n) is 20.1. The molecule has 0 N–H and O–H groups in total. The molecule has 7 nitrogen and oxygen atoms in total. The maximum absolute atomic E-state index is 14.3. The van der Waals surface area contributed by atoms with E-state index in [4.69, 9.17) is 21.4 Å². The van der Waals surface area contributed by atoms with Gasteiger partial charge < -0.3 is 14.3 Å². The van der Waals surface area contributed by atoms with Gasteiger partial charge in [0.05, 0.1) is 16.3 Å². The van der Waals surface area contributed by atoms with Crippen molar-refractivity contribution in [1.82, 2.24) is 14.5 Å². The molecule has 0 radical (unpaired) electrons. The van der Waals surface area contributed by atoms with Crippen LogP contribution in [-0.4, -0.2) is 39.2 Å². The molecular formula is C25H20BrClF4N4O3S. The third kappa shape index (κ3) is 5.90. The molecule has 1 atom stereocenters. The molecule has 1 unspecified atom stereocenters. The van der Waals surface area contributed by atoms with Gasteiger partial charge >= 0.3 is 6.18 Å². The van der Waals surface area contributed by atoms with Crippen LogP contribution in [0, 0.1) is 5.82 Å². The van der Waals surface area contributed by atoms with E-state index < -0.39 is 40.9 Å². The number of amides is 1. The van der Waals surface area contributed by atoms with Gasteiger partial charge in [-0.1, -0.05) is 38.8 Å². The van der Waals surface area contributed by atoms with Crippen LogP contribution in [0.5, 0.6) is 0 Å². The van der Waals surface area contributed by atoms with Crippen molar-refractivity contribution in [2.24, 2.45) is 5.16 Å². The van der Waals surface area contributed by atoms with Gasteiger partial charge in [0.25, 0.3) is 5.56 Å². The van der Waals surface area contributed by atoms with Crippen molar-refractivity contribution < 1.29 is 27.2 Å². The van der Waals surface area contributed by atoms with Crippen molar-refractivity contribution in [3.8, 4) is 0 Å². The van der Waals surface area contributed by atoms with Crippen LogP contribution in [0.25, 0.3) is 0 Å². The average Bonchev–Trinajstić information content (AvgIpc) is 3.56. The van der Waals surface area contributed by atoms with Crippen LogP contribution in [0.3, 0.4) is 0 Å². The van der Waals surface area contributed by atoms with Crippen LogP contribution >= 0.6 is 38.9 Å². The van der Waals surface area contributed by atoms with Crippen molar-refractivity contribution in [3.05, 3.63) is 83.3 Å². The van der Waals surface area contributed by atoms with Gasteiger partial charge in [-0.3, -0.25) is 9.59 Å². The number of alkyl halides is 3. The van der Waals surface area contributed by atoms with Crippen molar-refractivity contribution in [3.63, 3.8) is 0 Å². The van der Waals surface area contributed by atoms with Gasteiger partial charge in [-0.05, 0) is 31.0 Å². The fourth-order valence-corrected chi connectivity index (χ4v) is 6.43. The molecule has 0 bridgehead atoms. The van der Waals surface area contributed by atoms with Crippen molar-refractivity contribution in [2.75, 3.05) is 13.1 Å². The quantitative estimate of drug-likeness (QED) is 0.312. The number of hydrogen-bond acceptors (Lipinski definition) is 6. The Hall–Kier alpha value is -2.77. The van der Waals surface area contributed by atoms with Gasteiger partial charge in [-0.25, -0.2) is 9.37 Å². The van der Waals surface area contributed by atoms with Crippen molar-refractivity contribution in [2.45, 2.75) is 44.0 Å². The van der Waals surface area contributed by atoms with E-state index >= 15 is 0 Å². The second-order valence-electron chi connectivity index (χ2n) is 9.21. The number of benzene rings is 1. The second-order valence-corrected chi connectivity index (χ2v) is 11.4. The minimum Gasteiger partial charge on any atom is -0.387 e. The first kappa shape index (κ1) is 27.8. The number of piperidine rings is 1. The van der Waals surface area contributed by atoms with Crippen molar-refractivity contribution in [1.29, 1.82) is 0 Å². The molecule has 0 saturated carbocycles. The number of likely N-dealkylation sites (tertiary alicyclic amines) is 1. The van der Waals surface area contributed by atoms with Gasteiger partial charge in [-0.2, -0.15) is 13.2 Å². The number of aromatic nitrogens is 2. The van der Waals surface area contributed by atoms with Gasteiger partial charge in [0.2, 0.25) is 5.91 Å². The Bertz CT molecular complexity index is 1480. The summed E-state index contributed by atoms with van der Waals surface area (Å²) in [6.45, 7) is 0.203. The summed E-state index contributed by atoms with van der Waals surface area (Å²) < 4.78 is 54.9. The van der Waals surface area contributed by atoms with Crippen LogP contribution in [0.1, 0.15) is 53.1 Å². The zero-order valence-corrected chi connectivity index (χ0v) is 23.2. The maximum atomic E-state index is 14.3. The number of carbonyl (C=O) groups excluding carboxylic acids is 1. The molecule has 0 aliphatic carbocycles. The fraction of sp³-hybridized carbons (Fsp3) is 0.360. The molecule has 5 rings (SSSR count). The Morgan fingerprint density at radius 1 is 1.26 bits per heavy atom. The summed E-state index contributed by atoms with van der Waals surface area (Å²) in [6.07, 6.45) is -3.07. The molecule has 1 fully saturated rings. The lowest BCUT2D eigenvalue weighted by molar-refractivity contribution is -0.139. The number of halogens is 6. The summed E-state index contributed by atoms with van der Waals surface area (Å²) in [5.74, 6) is -0.765. The lowest BCUT2D eigenvalue weighted by Gasteiger charge is -2.31. The summed E-state index contributed by atoms with van der Waals surface area (Å²) in [6, 6.07) is 5.27. The van der Waals surface area contributed by atoms with Crippen LogP contribution < -0.4 is 5.56 Å². The van der Waals surface area contributed by atoms with Gasteiger partial charge in [-0.15, -0.1) is 11.3 Å². The monoisotopic (exact) mass is 646 g/mol. The molecule has 0 spiro atoms. The predicted octanol–water partition coefficient (Wildman–Crippen LogP) is 6.15. The fourth-order valence-electron chi connectivity index (χ4n) is 4.60. The van der Waals surface area contributed by atoms with Gasteiger partial charge in [0, 0.05) is 47.0 Å². The molecule has 2 aromatic heterocycles. The topological polar surface area (TPSA) is 76.8 Å². The van der Waals surface area contributed by atoms with Gasteiger partial charge in [0.1, 0.15) is 23.1 Å². The zero-order chi connectivity index (χ0) is 27.9. The standard InChI is InChI=1S/C25H20BrClF4N4O3S/c26-15-2-1-3-17(28)22(15)20-9-18(33-38-20)19-12-39-23(32-19)13-4-6-34(7-5-13)21(36)11-35-10-14(25(29,30)31)8-16(27)24(35)37/h1-3,8,10,12-13,20H,4-7,9,11H2. The number of nitrogens with zero attached hydrogens (tertiary/aromatic N) is 4. The highest BCUT2D eigenvalue weighted by Crippen LogP contribution is 2.37. The third-order valence-electron chi connectivity index (χ3n) is 6.68. The molecule has 4 heterocycles. The number of oxime groups is 1. The summed E-state index contributed by atoms with van der Waals surface area (Å²) in [7, 11) is 0. The molecular weight excluding hydrogens is 628 g/mol. The van der Waals surface area contributed by atoms with Crippen LogP contribution in [-0.2, 0) is 22.4 Å². The van der Waals surface area contributed by atoms with E-state index in [1.54, 1.807) is 12.1 Å². The lowest BCUT2D eigenvalue weighted by atomic mass is 9.97. The Morgan fingerprint density at radius 3 is 2.69 bits per heavy atom. The molecule has 1 saturated heterocycles. The molecule has 2 aliphatic rings. The van der Waals surface area contributed by atoms with E-state index in [0.717, 1.165) is 5.01 Å². The normalized spacial score (nSPS) is 18.3. The van der Waals surface area contributed by atoms with Crippen molar-refractivity contribution >= 4 is 50.5 Å². The van der Waals surface area contributed by atoms with Gasteiger partial charge in [0.15, 0.2) is 6.10 Å². The van der Waals surface area contributed by atoms with E-state index in [9.17, 15) is 27.2 Å². The molecule has 1 aromatic carbocycles. The maximum Gasteiger partial charge on any atom is 0.417 e. The Morgan fingerprint density at radius 2 is 2.00 bits per heavy atom. The van der Waals surface area contributed by atoms with Crippen LogP contribution in [0.2, 0.25) is 5.02 Å². The number of carbonyl (C=O) groups is 1. The molecule has 39 heavy (non-hydrogen) atoms. The molecule has 206 valence electrons. The summed E-state index contributed by atoms with van der Waals surface area (Å²) in [5.41, 5.74) is -0.270. The third-order valence-corrected chi connectivity index (χ3v) is 8.65. The second kappa shape index (κ2) is 11.0. The molecule has 1 amide bonds. The lowest BCUT2D eigenvalue weighted by Crippen LogP contribution is -2.41. The highest BCUT2D eigenvalue weighted by Gasteiger charge is 2.33. The molecule has 3 aromatic rings. The molecule has 2 aliphatic heterocycles. The minimum absolute atomic E-state index is 0.0814. The largest absolute Gasteiger partial charge is 0.417 e. The summed E-state index contributed by atoms with van der Waals surface area (Å²) in [5, 5.41) is 6.27. The van der Waals surface area contributed by atoms with E-state index in [2.05, 4.69) is 21.1 Å². The predicted molar refractivity (Wildman–Crippen MR) is 140 cm³/mol. The Balaban J connectivity index is 1.19. The minimum atomic E-state index is -4.70. The summed E-state index contributed by atoms with van der Waals surface area (Å²) in [4.78, 5) is 36.7. The Kier molecular flexibility index (Phi) is 7.84. The first-order valence-corrected chi connectivity index (χ1v) is 13.9. The molecule has 14 heteroatoms. The van der Waals surface area contributed by atoms with Crippen LogP contribution in [0.4, 0.5) is 17.6 Å². The van der Waals surface area contributed by atoms with E-state index in [1.807, 2.05) is 5.38 Å². The number of thiazole rings is 1. The van der Waals surface area contributed by atoms with E-state index in [0.29, 0.717) is 70.6 Å². The first-order chi connectivity index (χ1) is 18.5. The Labute approximate surface area is 237 Å². The number of pyridine rings is 1. The highest BCUT2D eigenvalue weighted by molar-refractivity contribution is 9.10. The number of hydrogen-bond donors (Lipinski definition) is 0. The van der Waals surface area contributed by atoms with E-state index in [-0.39, 0.29) is 11.7 Å². The summed E-state index contributed by atoms with van der Waals surface area (Å²) >= 11 is 10.5. The SMILES string of the molecule is O=C(Cn1cc(C(F)(F)F)cc(Cl)c1=O)N1CCC(c2nc(C3=NOC(c4c(F)cccc4Br)C3)cs2)CC1. The van der Waals surface area contributed by atoms with E-state index in [1.165, 1.54) is 22.3 Å². The smallest absolute Gasteiger partial charge is 0.387 e. The first-order valence-electron chi connectivity index (χ1n) is 11.9. The highest BCUT2D eigenvalue weighted by atomic mass is 79.9. The number of rotatable bonds is 5.